The van der Waals surface area contributed by atoms with E-state index in [1.807, 2.05) is 13.0 Å². The largest absolute Gasteiger partial charge is 0.478 e. The van der Waals surface area contributed by atoms with Gasteiger partial charge in [0.2, 0.25) is 5.95 Å². The molecule has 33 heavy (non-hydrogen) atoms. The number of anilines is 1. The first-order valence-electron chi connectivity index (χ1n) is 10.8. The summed E-state index contributed by atoms with van der Waals surface area (Å²) in [5, 5.41) is 18.8. The average molecular weight is 444 g/mol. The van der Waals surface area contributed by atoms with Crippen LogP contribution >= 0.6 is 0 Å². The van der Waals surface area contributed by atoms with Gasteiger partial charge in [0.15, 0.2) is 0 Å². The molecule has 0 amide bonds. The van der Waals surface area contributed by atoms with Crippen molar-refractivity contribution in [1.29, 1.82) is 5.26 Å². The van der Waals surface area contributed by atoms with Gasteiger partial charge in [-0.1, -0.05) is 18.2 Å². The van der Waals surface area contributed by atoms with E-state index >= 15 is 0 Å². The van der Waals surface area contributed by atoms with Gasteiger partial charge in [-0.15, -0.1) is 0 Å². The quantitative estimate of drug-likeness (QED) is 0.635. The van der Waals surface area contributed by atoms with Crippen LogP contribution in [0.1, 0.15) is 34.3 Å². The Kier molecular flexibility index (Phi) is 5.99. The topological polar surface area (TPSA) is 125 Å². The third kappa shape index (κ3) is 4.23. The third-order valence-corrected chi connectivity index (χ3v) is 6.11. The predicted molar refractivity (Wildman–Crippen MR) is 126 cm³/mol. The summed E-state index contributed by atoms with van der Waals surface area (Å²) in [5.74, 6) is -0.527. The van der Waals surface area contributed by atoms with E-state index in [2.05, 4.69) is 11.0 Å². The molecule has 0 spiro atoms. The molecule has 3 N–H and O–H groups in total. The maximum absolute atomic E-state index is 13.7. The summed E-state index contributed by atoms with van der Waals surface area (Å²) in [5.41, 5.74) is 9.14. The summed E-state index contributed by atoms with van der Waals surface area (Å²) in [4.78, 5) is 32.2. The SMILES string of the molecule is Cc1cc(-c2nc(N3CCC(N)CC3)n(C)c(=O)c2-c2cccc(C(=O)O)c2)ccc1C#N. The number of aromatic nitrogens is 2. The van der Waals surface area contributed by atoms with E-state index in [4.69, 9.17) is 10.7 Å². The number of nitrogens with zero attached hydrogens (tertiary/aromatic N) is 4. The fourth-order valence-corrected chi connectivity index (χ4v) is 4.19. The Balaban J connectivity index is 1.97. The highest BCUT2D eigenvalue weighted by Crippen LogP contribution is 2.32. The Morgan fingerprint density at radius 2 is 1.91 bits per heavy atom. The van der Waals surface area contributed by atoms with Gasteiger partial charge in [-0.05, 0) is 55.2 Å². The molecule has 0 unspecified atom stereocenters. The Morgan fingerprint density at radius 3 is 2.55 bits per heavy atom. The van der Waals surface area contributed by atoms with Crippen LogP contribution in [0.25, 0.3) is 22.4 Å². The number of nitriles is 1. The van der Waals surface area contributed by atoms with Crippen molar-refractivity contribution >= 4 is 11.9 Å². The van der Waals surface area contributed by atoms with Crippen LogP contribution in [0.2, 0.25) is 0 Å². The van der Waals surface area contributed by atoms with Gasteiger partial charge in [-0.25, -0.2) is 9.78 Å². The summed E-state index contributed by atoms with van der Waals surface area (Å²) in [6.07, 6.45) is 1.62. The van der Waals surface area contributed by atoms with E-state index in [0.717, 1.165) is 18.4 Å². The van der Waals surface area contributed by atoms with Crippen molar-refractivity contribution in [2.45, 2.75) is 25.8 Å². The van der Waals surface area contributed by atoms with Crippen LogP contribution < -0.4 is 16.2 Å². The van der Waals surface area contributed by atoms with Crippen LogP contribution in [0.4, 0.5) is 5.95 Å². The van der Waals surface area contributed by atoms with Gasteiger partial charge in [-0.3, -0.25) is 9.36 Å². The fourth-order valence-electron chi connectivity index (χ4n) is 4.19. The average Bonchev–Trinajstić information content (AvgIpc) is 2.81. The molecule has 4 rings (SSSR count). The van der Waals surface area contributed by atoms with Crippen LogP contribution in [-0.2, 0) is 7.05 Å². The van der Waals surface area contributed by atoms with Crippen LogP contribution in [0.15, 0.2) is 47.3 Å². The Bertz CT molecular complexity index is 1330. The van der Waals surface area contributed by atoms with Crippen molar-refractivity contribution < 1.29 is 9.90 Å². The van der Waals surface area contributed by atoms with Crippen LogP contribution in [0, 0.1) is 18.3 Å². The maximum atomic E-state index is 13.7. The summed E-state index contributed by atoms with van der Waals surface area (Å²) >= 11 is 0. The second kappa shape index (κ2) is 8.88. The lowest BCUT2D eigenvalue weighted by Gasteiger charge is -2.32. The van der Waals surface area contributed by atoms with Crippen molar-refractivity contribution in [3.05, 3.63) is 69.5 Å². The lowest BCUT2D eigenvalue weighted by Crippen LogP contribution is -2.42. The Hall–Kier alpha value is -3.96. The lowest BCUT2D eigenvalue weighted by atomic mass is 9.96. The maximum Gasteiger partial charge on any atom is 0.335 e. The molecule has 0 saturated carbocycles. The summed E-state index contributed by atoms with van der Waals surface area (Å²) in [6.45, 7) is 3.23. The first-order valence-corrected chi connectivity index (χ1v) is 10.8. The number of hydrogen-bond acceptors (Lipinski definition) is 6. The molecule has 1 aliphatic rings. The first-order chi connectivity index (χ1) is 15.8. The van der Waals surface area contributed by atoms with Crippen molar-refractivity contribution in [2.75, 3.05) is 18.0 Å². The van der Waals surface area contributed by atoms with Gasteiger partial charge in [0.1, 0.15) is 0 Å². The van der Waals surface area contributed by atoms with E-state index in [-0.39, 0.29) is 17.2 Å². The highest BCUT2D eigenvalue weighted by Gasteiger charge is 2.24. The van der Waals surface area contributed by atoms with Gasteiger partial charge in [-0.2, -0.15) is 5.26 Å². The van der Waals surface area contributed by atoms with Gasteiger partial charge in [0.25, 0.3) is 5.56 Å². The van der Waals surface area contributed by atoms with Gasteiger partial charge < -0.3 is 15.7 Å². The number of carbonyl (C=O) groups is 1. The number of carboxylic acid groups (broad SMARTS) is 1. The zero-order valence-electron chi connectivity index (χ0n) is 18.6. The number of benzene rings is 2. The second-order valence-corrected chi connectivity index (χ2v) is 8.35. The van der Waals surface area contributed by atoms with Crippen LogP contribution in [0.5, 0.6) is 0 Å². The van der Waals surface area contributed by atoms with Crippen molar-refractivity contribution in [2.24, 2.45) is 12.8 Å². The molecule has 2 heterocycles. The minimum Gasteiger partial charge on any atom is -0.478 e. The molecular weight excluding hydrogens is 418 g/mol. The number of carboxylic acids is 1. The molecular formula is C25H25N5O3. The highest BCUT2D eigenvalue weighted by molar-refractivity contribution is 5.91. The van der Waals surface area contributed by atoms with Gasteiger partial charge in [0, 0.05) is 31.7 Å². The smallest absolute Gasteiger partial charge is 0.335 e. The van der Waals surface area contributed by atoms with Crippen LogP contribution in [-0.4, -0.2) is 39.8 Å². The normalized spacial score (nSPS) is 14.2. The molecule has 0 aliphatic carbocycles. The molecule has 1 aliphatic heterocycles. The van der Waals surface area contributed by atoms with Crippen molar-refractivity contribution in [3.63, 3.8) is 0 Å². The van der Waals surface area contributed by atoms with E-state index in [1.54, 1.807) is 31.3 Å². The van der Waals surface area contributed by atoms with Crippen LogP contribution in [0.3, 0.4) is 0 Å². The molecule has 2 aromatic carbocycles. The number of aromatic carboxylic acids is 1. The molecule has 3 aromatic rings. The minimum absolute atomic E-state index is 0.0885. The lowest BCUT2D eigenvalue weighted by molar-refractivity contribution is 0.0697. The predicted octanol–water partition coefficient (Wildman–Crippen LogP) is 2.92. The van der Waals surface area contributed by atoms with Gasteiger partial charge >= 0.3 is 5.97 Å². The minimum atomic E-state index is -1.07. The molecule has 1 aromatic heterocycles. The second-order valence-electron chi connectivity index (χ2n) is 8.35. The highest BCUT2D eigenvalue weighted by atomic mass is 16.4. The first kappa shape index (κ1) is 22.2. The number of nitrogens with two attached hydrogens (primary N) is 1. The number of rotatable bonds is 4. The molecule has 0 bridgehead atoms. The molecule has 0 radical (unpaired) electrons. The summed E-state index contributed by atoms with van der Waals surface area (Å²) < 4.78 is 1.51. The number of hydrogen-bond donors (Lipinski definition) is 2. The third-order valence-electron chi connectivity index (χ3n) is 6.11. The molecule has 1 saturated heterocycles. The van der Waals surface area contributed by atoms with E-state index in [9.17, 15) is 20.0 Å². The van der Waals surface area contributed by atoms with Gasteiger partial charge in [0.05, 0.1) is 28.5 Å². The van der Waals surface area contributed by atoms with Crippen molar-refractivity contribution in [1.82, 2.24) is 9.55 Å². The van der Waals surface area contributed by atoms with Crippen molar-refractivity contribution in [3.8, 4) is 28.5 Å². The van der Waals surface area contributed by atoms with E-state index in [1.165, 1.54) is 16.7 Å². The molecule has 168 valence electrons. The Morgan fingerprint density at radius 1 is 1.18 bits per heavy atom. The summed E-state index contributed by atoms with van der Waals surface area (Å²) in [6, 6.07) is 13.9. The Labute approximate surface area is 191 Å². The van der Waals surface area contributed by atoms with E-state index in [0.29, 0.717) is 47.0 Å². The number of piperidine rings is 1. The zero-order valence-corrected chi connectivity index (χ0v) is 18.6. The monoisotopic (exact) mass is 443 g/mol. The molecule has 8 nitrogen and oxygen atoms in total. The zero-order chi connectivity index (χ0) is 23.7. The fraction of sp³-hybridized carbons (Fsp3) is 0.280. The molecule has 0 atom stereocenters. The standard InChI is InChI=1S/C25H25N5O3/c1-15-12-17(6-7-19(15)14-26)22-21(16-4-3-5-18(13-16)24(32)33)23(31)29(2)25(28-22)30-10-8-20(27)9-11-30/h3-7,12-13,20H,8-11,27H2,1-2H3,(H,32,33). The van der Waals surface area contributed by atoms with E-state index < -0.39 is 5.97 Å². The summed E-state index contributed by atoms with van der Waals surface area (Å²) in [7, 11) is 1.68. The molecule has 1 fully saturated rings. The number of aryl methyl sites for hydroxylation is 1. The molecule has 8 heteroatoms.